The summed E-state index contributed by atoms with van der Waals surface area (Å²) in [6.45, 7) is 1.36. The normalized spacial score (nSPS) is 21.4. The number of hydrogen-bond acceptors (Lipinski definition) is 5. The molecule has 1 aromatic rings. The molecule has 3 amide bonds. The zero-order valence-corrected chi connectivity index (χ0v) is 12.7. The molecule has 9 heteroatoms. The highest BCUT2D eigenvalue weighted by molar-refractivity contribution is 5.90. The SMILES string of the molecule is NC(=O)c1cc(C2CCCCN2C(=O)CN2CCOC2=O)[nH]n1. The summed E-state index contributed by atoms with van der Waals surface area (Å²) in [6.07, 6.45) is 2.20. The molecule has 0 radical (unpaired) electrons. The Morgan fingerprint density at radius 1 is 1.39 bits per heavy atom. The van der Waals surface area contributed by atoms with Crippen LogP contribution in [0.2, 0.25) is 0 Å². The van der Waals surface area contributed by atoms with Crippen LogP contribution in [0, 0.1) is 0 Å². The molecule has 23 heavy (non-hydrogen) atoms. The van der Waals surface area contributed by atoms with Gasteiger partial charge in [-0.15, -0.1) is 0 Å². The van der Waals surface area contributed by atoms with Crippen molar-refractivity contribution in [1.29, 1.82) is 0 Å². The number of ether oxygens (including phenoxy) is 1. The molecule has 3 heterocycles. The van der Waals surface area contributed by atoms with E-state index in [2.05, 4.69) is 10.2 Å². The maximum absolute atomic E-state index is 12.6. The minimum Gasteiger partial charge on any atom is -0.448 e. The van der Waals surface area contributed by atoms with Gasteiger partial charge in [0.1, 0.15) is 18.8 Å². The zero-order valence-electron chi connectivity index (χ0n) is 12.7. The van der Waals surface area contributed by atoms with Crippen molar-refractivity contribution in [3.8, 4) is 0 Å². The van der Waals surface area contributed by atoms with E-state index in [1.54, 1.807) is 11.0 Å². The van der Waals surface area contributed by atoms with E-state index in [4.69, 9.17) is 10.5 Å². The molecular formula is C14H19N5O4. The minimum absolute atomic E-state index is 0.00610. The van der Waals surface area contributed by atoms with E-state index in [1.165, 1.54) is 4.90 Å². The zero-order chi connectivity index (χ0) is 16.4. The average molecular weight is 321 g/mol. The molecule has 0 aliphatic carbocycles. The van der Waals surface area contributed by atoms with Crippen LogP contribution < -0.4 is 5.73 Å². The average Bonchev–Trinajstić information content (AvgIpc) is 3.17. The summed E-state index contributed by atoms with van der Waals surface area (Å²) < 4.78 is 4.84. The van der Waals surface area contributed by atoms with Crippen LogP contribution in [-0.2, 0) is 9.53 Å². The van der Waals surface area contributed by atoms with Gasteiger partial charge in [-0.05, 0) is 25.3 Å². The second-order valence-electron chi connectivity index (χ2n) is 5.71. The number of nitrogens with zero attached hydrogens (tertiary/aromatic N) is 3. The molecule has 1 atom stereocenters. The second kappa shape index (κ2) is 6.27. The van der Waals surface area contributed by atoms with Crippen molar-refractivity contribution in [1.82, 2.24) is 20.0 Å². The molecule has 3 N–H and O–H groups in total. The third-order valence-corrected chi connectivity index (χ3v) is 4.20. The molecule has 3 rings (SSSR count). The lowest BCUT2D eigenvalue weighted by molar-refractivity contribution is -0.135. The number of hydrogen-bond donors (Lipinski definition) is 2. The van der Waals surface area contributed by atoms with E-state index in [0.717, 1.165) is 19.3 Å². The minimum atomic E-state index is -0.610. The number of aromatic amines is 1. The van der Waals surface area contributed by atoms with E-state index in [9.17, 15) is 14.4 Å². The number of likely N-dealkylation sites (tertiary alicyclic amines) is 1. The van der Waals surface area contributed by atoms with Crippen LogP contribution in [0.4, 0.5) is 4.79 Å². The van der Waals surface area contributed by atoms with Gasteiger partial charge < -0.3 is 15.4 Å². The molecule has 124 valence electrons. The van der Waals surface area contributed by atoms with Crippen molar-refractivity contribution in [2.75, 3.05) is 26.2 Å². The first-order valence-electron chi connectivity index (χ1n) is 7.62. The fourth-order valence-corrected chi connectivity index (χ4v) is 3.01. The monoisotopic (exact) mass is 321 g/mol. The molecule has 2 saturated heterocycles. The molecular weight excluding hydrogens is 302 g/mol. The third kappa shape index (κ3) is 3.13. The number of primary amides is 1. The Bertz CT molecular complexity index is 628. The molecule has 1 aromatic heterocycles. The van der Waals surface area contributed by atoms with Crippen LogP contribution in [0.15, 0.2) is 6.07 Å². The predicted octanol–water partition coefficient (Wildman–Crippen LogP) is 0.0144. The molecule has 1 unspecified atom stereocenters. The first kappa shape index (κ1) is 15.3. The number of nitrogens with one attached hydrogen (secondary N) is 1. The summed E-state index contributed by atoms with van der Waals surface area (Å²) >= 11 is 0. The van der Waals surface area contributed by atoms with Crippen LogP contribution in [-0.4, -0.2) is 64.1 Å². The van der Waals surface area contributed by atoms with Gasteiger partial charge in [0.2, 0.25) is 5.91 Å². The Balaban J connectivity index is 1.73. The number of carbonyl (C=O) groups excluding carboxylic acids is 3. The third-order valence-electron chi connectivity index (χ3n) is 4.20. The quantitative estimate of drug-likeness (QED) is 0.809. The van der Waals surface area contributed by atoms with Crippen LogP contribution in [0.3, 0.4) is 0 Å². The smallest absolute Gasteiger partial charge is 0.410 e. The van der Waals surface area contributed by atoms with Gasteiger partial charge in [-0.3, -0.25) is 19.6 Å². The summed E-state index contributed by atoms with van der Waals surface area (Å²) in [5.74, 6) is -0.746. The van der Waals surface area contributed by atoms with Gasteiger partial charge in [-0.2, -0.15) is 5.10 Å². The van der Waals surface area contributed by atoms with E-state index in [0.29, 0.717) is 25.4 Å². The number of H-pyrrole nitrogens is 1. The molecule has 9 nitrogen and oxygen atoms in total. The number of carbonyl (C=O) groups is 3. The topological polar surface area (TPSA) is 122 Å². The number of nitrogens with two attached hydrogens (primary N) is 1. The summed E-state index contributed by atoms with van der Waals surface area (Å²) in [7, 11) is 0. The van der Waals surface area contributed by atoms with Crippen molar-refractivity contribution in [2.45, 2.75) is 25.3 Å². The van der Waals surface area contributed by atoms with E-state index < -0.39 is 12.0 Å². The highest BCUT2D eigenvalue weighted by Crippen LogP contribution is 2.30. The molecule has 2 aliphatic heterocycles. The van der Waals surface area contributed by atoms with Gasteiger partial charge in [0, 0.05) is 6.54 Å². The Labute approximate surface area is 132 Å². The van der Waals surface area contributed by atoms with Gasteiger partial charge in [0.15, 0.2) is 0 Å². The number of cyclic esters (lactones) is 1. The van der Waals surface area contributed by atoms with Gasteiger partial charge in [0.05, 0.1) is 18.3 Å². The molecule has 0 saturated carbocycles. The lowest BCUT2D eigenvalue weighted by atomic mass is 9.99. The van der Waals surface area contributed by atoms with Gasteiger partial charge >= 0.3 is 6.09 Å². The molecule has 2 aliphatic rings. The maximum atomic E-state index is 12.6. The van der Waals surface area contributed by atoms with Crippen molar-refractivity contribution in [3.63, 3.8) is 0 Å². The van der Waals surface area contributed by atoms with E-state index in [-0.39, 0.29) is 24.2 Å². The lowest BCUT2D eigenvalue weighted by Gasteiger charge is -2.35. The first-order valence-corrected chi connectivity index (χ1v) is 7.62. The summed E-state index contributed by atoms with van der Waals surface area (Å²) in [5.41, 5.74) is 6.06. The number of aromatic nitrogens is 2. The second-order valence-corrected chi connectivity index (χ2v) is 5.71. The Kier molecular flexibility index (Phi) is 4.18. The van der Waals surface area contributed by atoms with Crippen molar-refractivity contribution in [2.24, 2.45) is 5.73 Å². The number of rotatable bonds is 4. The Morgan fingerprint density at radius 2 is 2.22 bits per heavy atom. The van der Waals surface area contributed by atoms with Crippen LogP contribution in [0.25, 0.3) is 0 Å². The highest BCUT2D eigenvalue weighted by atomic mass is 16.6. The Hall–Kier alpha value is -2.58. The molecule has 0 aromatic carbocycles. The maximum Gasteiger partial charge on any atom is 0.410 e. The lowest BCUT2D eigenvalue weighted by Crippen LogP contribution is -2.44. The molecule has 2 fully saturated rings. The fourth-order valence-electron chi connectivity index (χ4n) is 3.01. The van der Waals surface area contributed by atoms with Gasteiger partial charge in [0.25, 0.3) is 5.91 Å². The summed E-state index contributed by atoms with van der Waals surface area (Å²) in [6, 6.07) is 1.40. The van der Waals surface area contributed by atoms with Gasteiger partial charge in [-0.1, -0.05) is 0 Å². The standard InChI is InChI=1S/C14H19N5O4/c15-13(21)10-7-9(16-17-10)11-3-1-2-4-19(11)12(20)8-18-5-6-23-14(18)22/h7,11H,1-6,8H2,(H2,15,21)(H,16,17). The van der Waals surface area contributed by atoms with E-state index >= 15 is 0 Å². The van der Waals surface area contributed by atoms with Crippen LogP contribution >= 0.6 is 0 Å². The molecule has 0 bridgehead atoms. The Morgan fingerprint density at radius 3 is 2.87 bits per heavy atom. The van der Waals surface area contributed by atoms with E-state index in [1.807, 2.05) is 0 Å². The number of amides is 3. The first-order chi connectivity index (χ1) is 11.1. The summed E-state index contributed by atoms with van der Waals surface area (Å²) in [4.78, 5) is 38.4. The predicted molar refractivity (Wildman–Crippen MR) is 78.3 cm³/mol. The van der Waals surface area contributed by atoms with Crippen molar-refractivity contribution in [3.05, 3.63) is 17.5 Å². The molecule has 0 spiro atoms. The van der Waals surface area contributed by atoms with Gasteiger partial charge in [-0.25, -0.2) is 4.79 Å². The largest absolute Gasteiger partial charge is 0.448 e. The van der Waals surface area contributed by atoms with Crippen molar-refractivity contribution >= 4 is 17.9 Å². The highest BCUT2D eigenvalue weighted by Gasteiger charge is 2.32. The summed E-state index contributed by atoms with van der Waals surface area (Å²) in [5, 5.41) is 6.67. The van der Waals surface area contributed by atoms with Crippen LogP contribution in [0.5, 0.6) is 0 Å². The fraction of sp³-hybridized carbons (Fsp3) is 0.571. The van der Waals surface area contributed by atoms with Crippen molar-refractivity contribution < 1.29 is 19.1 Å². The van der Waals surface area contributed by atoms with Crippen LogP contribution in [0.1, 0.15) is 41.5 Å². The number of piperidine rings is 1.